The lowest BCUT2D eigenvalue weighted by molar-refractivity contribution is 0.0692. The van der Waals surface area contributed by atoms with E-state index in [-0.39, 0.29) is 5.56 Å². The van der Waals surface area contributed by atoms with Gasteiger partial charge in [-0.25, -0.2) is 4.79 Å². The van der Waals surface area contributed by atoms with Gasteiger partial charge in [0.1, 0.15) is 17.9 Å². The normalized spacial score (nSPS) is 12.1. The third-order valence-electron chi connectivity index (χ3n) is 2.69. The third-order valence-corrected chi connectivity index (χ3v) is 2.69. The topological polar surface area (TPSA) is 58.6 Å². The van der Waals surface area contributed by atoms with Crippen LogP contribution in [0.15, 0.2) is 24.3 Å². The number of hydrogen-bond acceptors (Lipinski definition) is 3. The molecule has 0 aliphatic rings. The van der Waals surface area contributed by atoms with Crippen molar-refractivity contribution in [3.05, 3.63) is 29.8 Å². The summed E-state index contributed by atoms with van der Waals surface area (Å²) in [6.07, 6.45) is 2.28. The minimum atomic E-state index is -0.960. The minimum absolute atomic E-state index is 0.208. The molecular weight excluding hydrogens is 230 g/mol. The molecule has 4 nitrogen and oxygen atoms in total. The lowest BCUT2D eigenvalue weighted by Gasteiger charge is -2.13. The molecule has 0 aliphatic carbocycles. The standard InChI is InChI=1S/C14H21NO3/c1-3-6-11(2)15-9-10-18-13-8-5-4-7-12(13)14(16)17/h4-5,7-8,11,15H,3,6,9-10H2,1-2H3,(H,16,17). The van der Waals surface area contributed by atoms with Gasteiger partial charge in [-0.05, 0) is 25.5 Å². The Morgan fingerprint density at radius 1 is 1.44 bits per heavy atom. The number of carbonyl (C=O) groups is 1. The summed E-state index contributed by atoms with van der Waals surface area (Å²) in [7, 11) is 0. The molecule has 0 saturated carbocycles. The molecule has 100 valence electrons. The van der Waals surface area contributed by atoms with E-state index in [0.29, 0.717) is 18.4 Å². The van der Waals surface area contributed by atoms with Crippen molar-refractivity contribution in [2.24, 2.45) is 0 Å². The number of rotatable bonds is 8. The van der Waals surface area contributed by atoms with Crippen LogP contribution in [0.5, 0.6) is 5.75 Å². The van der Waals surface area contributed by atoms with Crippen molar-refractivity contribution in [3.63, 3.8) is 0 Å². The Labute approximate surface area is 108 Å². The Hall–Kier alpha value is -1.55. The number of para-hydroxylation sites is 1. The molecule has 1 unspecified atom stereocenters. The second-order valence-electron chi connectivity index (χ2n) is 4.29. The molecule has 0 radical (unpaired) electrons. The van der Waals surface area contributed by atoms with Crippen LogP contribution in [0.25, 0.3) is 0 Å². The summed E-state index contributed by atoms with van der Waals surface area (Å²) in [4.78, 5) is 11.0. The fourth-order valence-electron chi connectivity index (χ4n) is 1.77. The first-order chi connectivity index (χ1) is 8.65. The number of benzene rings is 1. The Morgan fingerprint density at radius 2 is 2.17 bits per heavy atom. The molecular formula is C14H21NO3. The Balaban J connectivity index is 2.37. The van der Waals surface area contributed by atoms with E-state index in [1.165, 1.54) is 0 Å². The number of carboxylic acid groups (broad SMARTS) is 1. The highest BCUT2D eigenvalue weighted by Crippen LogP contribution is 2.17. The van der Waals surface area contributed by atoms with Crippen LogP contribution >= 0.6 is 0 Å². The predicted octanol–water partition coefficient (Wildman–Crippen LogP) is 2.54. The van der Waals surface area contributed by atoms with Crippen LogP contribution in [0.2, 0.25) is 0 Å². The summed E-state index contributed by atoms with van der Waals surface area (Å²) >= 11 is 0. The van der Waals surface area contributed by atoms with E-state index < -0.39 is 5.97 Å². The summed E-state index contributed by atoms with van der Waals surface area (Å²) in [6, 6.07) is 7.16. The van der Waals surface area contributed by atoms with Gasteiger partial charge in [0.2, 0.25) is 0 Å². The van der Waals surface area contributed by atoms with Gasteiger partial charge in [0.05, 0.1) is 0 Å². The molecule has 4 heteroatoms. The third kappa shape index (κ3) is 4.75. The molecule has 18 heavy (non-hydrogen) atoms. The van der Waals surface area contributed by atoms with Gasteiger partial charge in [0, 0.05) is 12.6 Å². The maximum absolute atomic E-state index is 11.0. The maximum atomic E-state index is 11.0. The second kappa shape index (κ2) is 7.71. The minimum Gasteiger partial charge on any atom is -0.491 e. The Bertz CT molecular complexity index is 379. The first-order valence-corrected chi connectivity index (χ1v) is 6.33. The molecule has 0 saturated heterocycles. The molecule has 1 rings (SSSR count). The van der Waals surface area contributed by atoms with E-state index in [2.05, 4.69) is 19.2 Å². The first kappa shape index (κ1) is 14.5. The zero-order valence-electron chi connectivity index (χ0n) is 11.0. The monoisotopic (exact) mass is 251 g/mol. The van der Waals surface area contributed by atoms with E-state index in [1.54, 1.807) is 24.3 Å². The molecule has 0 bridgehead atoms. The van der Waals surface area contributed by atoms with Gasteiger partial charge in [-0.3, -0.25) is 0 Å². The maximum Gasteiger partial charge on any atom is 0.339 e. The van der Waals surface area contributed by atoms with Gasteiger partial charge in [-0.2, -0.15) is 0 Å². The second-order valence-corrected chi connectivity index (χ2v) is 4.29. The van der Waals surface area contributed by atoms with E-state index in [1.807, 2.05) is 0 Å². The first-order valence-electron chi connectivity index (χ1n) is 6.33. The van der Waals surface area contributed by atoms with Crippen LogP contribution in [-0.4, -0.2) is 30.3 Å². The summed E-state index contributed by atoms with van der Waals surface area (Å²) in [5.41, 5.74) is 0.208. The van der Waals surface area contributed by atoms with Gasteiger partial charge in [0.25, 0.3) is 0 Å². The van der Waals surface area contributed by atoms with E-state index in [0.717, 1.165) is 19.4 Å². The quantitative estimate of drug-likeness (QED) is 0.697. The van der Waals surface area contributed by atoms with Crippen LogP contribution in [0.3, 0.4) is 0 Å². The van der Waals surface area contributed by atoms with Crippen molar-refractivity contribution >= 4 is 5.97 Å². The fourth-order valence-corrected chi connectivity index (χ4v) is 1.77. The fraction of sp³-hybridized carbons (Fsp3) is 0.500. The molecule has 1 aromatic carbocycles. The van der Waals surface area contributed by atoms with Crippen molar-refractivity contribution in [2.45, 2.75) is 32.7 Å². The number of ether oxygens (including phenoxy) is 1. The molecule has 0 heterocycles. The van der Waals surface area contributed by atoms with E-state index in [9.17, 15) is 4.79 Å². The van der Waals surface area contributed by atoms with E-state index >= 15 is 0 Å². The number of nitrogens with one attached hydrogen (secondary N) is 1. The number of carboxylic acids is 1. The number of aromatic carboxylic acids is 1. The molecule has 1 atom stereocenters. The lowest BCUT2D eigenvalue weighted by Crippen LogP contribution is -2.30. The molecule has 2 N–H and O–H groups in total. The Kier molecular flexibility index (Phi) is 6.22. The molecule has 1 aromatic rings. The molecule has 0 aromatic heterocycles. The molecule has 0 fully saturated rings. The van der Waals surface area contributed by atoms with Gasteiger partial charge in [-0.15, -0.1) is 0 Å². The van der Waals surface area contributed by atoms with Crippen LogP contribution in [0, 0.1) is 0 Å². The van der Waals surface area contributed by atoms with Gasteiger partial charge < -0.3 is 15.2 Å². The van der Waals surface area contributed by atoms with Crippen LogP contribution in [0.1, 0.15) is 37.0 Å². The lowest BCUT2D eigenvalue weighted by atomic mass is 10.2. The highest BCUT2D eigenvalue weighted by Gasteiger charge is 2.09. The number of hydrogen-bond donors (Lipinski definition) is 2. The smallest absolute Gasteiger partial charge is 0.339 e. The molecule has 0 amide bonds. The summed E-state index contributed by atoms with van der Waals surface area (Å²) in [5, 5.41) is 12.3. The zero-order chi connectivity index (χ0) is 13.4. The van der Waals surface area contributed by atoms with Crippen molar-refractivity contribution in [2.75, 3.05) is 13.2 Å². The van der Waals surface area contributed by atoms with Crippen molar-refractivity contribution in [1.29, 1.82) is 0 Å². The molecule has 0 spiro atoms. The highest BCUT2D eigenvalue weighted by atomic mass is 16.5. The SMILES string of the molecule is CCCC(C)NCCOc1ccccc1C(=O)O. The van der Waals surface area contributed by atoms with E-state index in [4.69, 9.17) is 9.84 Å². The average molecular weight is 251 g/mol. The predicted molar refractivity (Wildman–Crippen MR) is 71.3 cm³/mol. The summed E-state index contributed by atoms with van der Waals surface area (Å²) in [6.45, 7) is 5.47. The average Bonchev–Trinajstić information content (AvgIpc) is 2.35. The van der Waals surface area contributed by atoms with Gasteiger partial charge in [0.15, 0.2) is 0 Å². The summed E-state index contributed by atoms with van der Waals surface area (Å²) in [5.74, 6) is -0.534. The van der Waals surface area contributed by atoms with Crippen molar-refractivity contribution < 1.29 is 14.6 Å². The van der Waals surface area contributed by atoms with Gasteiger partial charge >= 0.3 is 5.97 Å². The van der Waals surface area contributed by atoms with Crippen molar-refractivity contribution in [1.82, 2.24) is 5.32 Å². The van der Waals surface area contributed by atoms with Crippen molar-refractivity contribution in [3.8, 4) is 5.75 Å². The largest absolute Gasteiger partial charge is 0.491 e. The Morgan fingerprint density at radius 3 is 2.83 bits per heavy atom. The van der Waals surface area contributed by atoms with Crippen LogP contribution in [-0.2, 0) is 0 Å². The zero-order valence-corrected chi connectivity index (χ0v) is 11.0. The highest BCUT2D eigenvalue weighted by molar-refractivity contribution is 5.90. The summed E-state index contributed by atoms with van der Waals surface area (Å²) < 4.78 is 5.48. The van der Waals surface area contributed by atoms with Crippen LogP contribution < -0.4 is 10.1 Å². The molecule has 0 aliphatic heterocycles. The van der Waals surface area contributed by atoms with Gasteiger partial charge in [-0.1, -0.05) is 25.5 Å². The van der Waals surface area contributed by atoms with Crippen LogP contribution in [0.4, 0.5) is 0 Å².